The highest BCUT2D eigenvalue weighted by Crippen LogP contribution is 2.70. The second-order valence-corrected chi connectivity index (χ2v) is 18.7. The van der Waals surface area contributed by atoms with E-state index in [1.165, 1.54) is 0 Å². The van der Waals surface area contributed by atoms with Gasteiger partial charge in [-0.1, -0.05) is 27.7 Å². The number of hydrogen-bond donors (Lipinski definition) is 7. The number of ketones is 1. The normalized spacial score (nSPS) is 58.2. The smallest absolute Gasteiger partial charge is 0.187 e. The molecule has 0 bridgehead atoms. The molecule has 4 aliphatic heterocycles. The quantitative estimate of drug-likeness (QED) is 0.185. The maximum atomic E-state index is 14.5. The number of ether oxygens (including phenoxy) is 6. The minimum absolute atomic E-state index is 0.0208. The monoisotopic (exact) mass is 754 g/mol. The molecule has 4 saturated heterocycles. The Morgan fingerprint density at radius 2 is 1.47 bits per heavy atom. The van der Waals surface area contributed by atoms with E-state index in [9.17, 15) is 40.5 Å². The molecule has 0 amide bonds. The van der Waals surface area contributed by atoms with E-state index in [1.54, 1.807) is 0 Å². The first-order valence-electron chi connectivity index (χ1n) is 20.2. The number of aliphatic hydroxyl groups is 7. The molecule has 22 atom stereocenters. The van der Waals surface area contributed by atoms with Crippen molar-refractivity contribution >= 4 is 5.78 Å². The molecule has 14 nitrogen and oxygen atoms in total. The summed E-state index contributed by atoms with van der Waals surface area (Å²) in [5.41, 5.74) is -0.288. The molecule has 14 heteroatoms. The van der Waals surface area contributed by atoms with Gasteiger partial charge in [-0.25, -0.2) is 0 Å². The molecule has 7 N–H and O–H groups in total. The van der Waals surface area contributed by atoms with Gasteiger partial charge in [0, 0.05) is 24.7 Å². The van der Waals surface area contributed by atoms with Crippen LogP contribution in [0.1, 0.15) is 85.5 Å². The Morgan fingerprint density at radius 1 is 0.774 bits per heavy atom. The standard InChI is InChI=1S/C39H62O14/c1-17-7-10-39(48-16-17)18(2)27-24(53-39)12-22-21-6-5-19-11-20(8-9-37(19,3)28(21)23(42)13-38(22,27)4)49-35-33(47)31(45)34(26(15-41)51-35)52-36-32(46)30(44)29(43)25(14-40)50-36/h17-22,24-36,40-41,43-47H,5-16H2,1-4H3/t17-,18?,19+,20+,21?,22+,24+,25-,26-,27?,28-,29-,30+,31-,32-,33-,34-,35-,36+,37+,38+,39-/m1/s1. The third-order valence-corrected chi connectivity index (χ3v) is 15.9. The van der Waals surface area contributed by atoms with Gasteiger partial charge in [-0.05, 0) is 85.4 Å². The van der Waals surface area contributed by atoms with Crippen molar-refractivity contribution in [1.82, 2.24) is 0 Å². The van der Waals surface area contributed by atoms with Crippen LogP contribution in [0, 0.1) is 52.3 Å². The number of carbonyl (C=O) groups is 1. The molecule has 302 valence electrons. The zero-order valence-electron chi connectivity index (χ0n) is 31.4. The van der Waals surface area contributed by atoms with Gasteiger partial charge in [0.2, 0.25) is 0 Å². The fourth-order valence-electron chi connectivity index (χ4n) is 13.0. The molecule has 4 aliphatic carbocycles. The Hall–Kier alpha value is -0.850. The number of fused-ring (bicyclic) bond motifs is 7. The van der Waals surface area contributed by atoms with E-state index < -0.39 is 80.4 Å². The van der Waals surface area contributed by atoms with Crippen LogP contribution in [-0.4, -0.2) is 141 Å². The second-order valence-electron chi connectivity index (χ2n) is 18.7. The van der Waals surface area contributed by atoms with E-state index in [0.717, 1.165) is 45.1 Å². The highest BCUT2D eigenvalue weighted by Gasteiger charge is 2.71. The average molecular weight is 755 g/mol. The highest BCUT2D eigenvalue weighted by atomic mass is 16.7. The van der Waals surface area contributed by atoms with E-state index in [0.29, 0.717) is 48.7 Å². The van der Waals surface area contributed by atoms with Crippen LogP contribution in [0.5, 0.6) is 0 Å². The zero-order chi connectivity index (χ0) is 37.8. The minimum atomic E-state index is -1.74. The van der Waals surface area contributed by atoms with E-state index in [-0.39, 0.29) is 40.8 Å². The number of rotatable bonds is 6. The first kappa shape index (κ1) is 39.0. The number of Topliss-reactive ketones (excluding diaryl/α,β-unsaturated/α-hetero) is 1. The molecule has 0 aromatic carbocycles. The predicted molar refractivity (Wildman–Crippen MR) is 183 cm³/mol. The predicted octanol–water partition coefficient (Wildman–Crippen LogP) is 0.621. The third-order valence-electron chi connectivity index (χ3n) is 15.9. The Balaban J connectivity index is 0.911. The van der Waals surface area contributed by atoms with Crippen molar-refractivity contribution in [1.29, 1.82) is 0 Å². The lowest BCUT2D eigenvalue weighted by Gasteiger charge is -2.60. The molecule has 53 heavy (non-hydrogen) atoms. The van der Waals surface area contributed by atoms with Gasteiger partial charge < -0.3 is 64.2 Å². The Kier molecular flexibility index (Phi) is 10.5. The molecule has 4 heterocycles. The molecular formula is C39H62O14. The lowest BCUT2D eigenvalue weighted by molar-refractivity contribution is -0.364. The SMILES string of the molecule is CC1C2[C@H](C[C@H]3C4CC[C@H]5C[C@@H](O[C@@H]6O[C@H](CO)[C@@H](O[C@@H]7O[C@H](CO)[C@@H](O)[C@H](O)[C@H]7O)[C@H](O)[C@H]6O)CC[C@]5(C)[C@H]4C(=O)C[C@]23C)O[C@]12CC[C@@H](C)CO2. The van der Waals surface area contributed by atoms with Crippen LogP contribution in [0.25, 0.3) is 0 Å². The first-order valence-corrected chi connectivity index (χ1v) is 20.2. The zero-order valence-corrected chi connectivity index (χ0v) is 31.4. The van der Waals surface area contributed by atoms with Crippen molar-refractivity contribution in [2.45, 2.75) is 165 Å². The first-order chi connectivity index (χ1) is 25.2. The van der Waals surface area contributed by atoms with E-state index in [1.807, 2.05) is 0 Å². The van der Waals surface area contributed by atoms with E-state index in [4.69, 9.17) is 28.4 Å². The molecule has 3 unspecified atom stereocenters. The summed E-state index contributed by atoms with van der Waals surface area (Å²) in [6.07, 6.45) is -7.48. The Morgan fingerprint density at radius 3 is 2.17 bits per heavy atom. The van der Waals surface area contributed by atoms with Crippen LogP contribution >= 0.6 is 0 Å². The average Bonchev–Trinajstić information content (AvgIpc) is 3.57. The lowest BCUT2D eigenvalue weighted by Crippen LogP contribution is -2.65. The van der Waals surface area contributed by atoms with Gasteiger partial charge in [-0.3, -0.25) is 4.79 Å². The Bertz CT molecular complexity index is 1340. The molecule has 8 fully saturated rings. The van der Waals surface area contributed by atoms with Crippen molar-refractivity contribution in [3.8, 4) is 0 Å². The molecule has 1 spiro atoms. The summed E-state index contributed by atoms with van der Waals surface area (Å²) in [5, 5.41) is 72.7. The van der Waals surface area contributed by atoms with Crippen LogP contribution in [0.3, 0.4) is 0 Å². The van der Waals surface area contributed by atoms with Gasteiger partial charge in [-0.2, -0.15) is 0 Å². The summed E-state index contributed by atoms with van der Waals surface area (Å²) in [4.78, 5) is 14.5. The van der Waals surface area contributed by atoms with E-state index >= 15 is 0 Å². The van der Waals surface area contributed by atoms with Crippen molar-refractivity contribution in [2.75, 3.05) is 19.8 Å². The minimum Gasteiger partial charge on any atom is -0.394 e. The van der Waals surface area contributed by atoms with E-state index in [2.05, 4.69) is 27.7 Å². The van der Waals surface area contributed by atoms with Crippen LogP contribution < -0.4 is 0 Å². The van der Waals surface area contributed by atoms with Crippen molar-refractivity contribution in [2.24, 2.45) is 52.3 Å². The second kappa shape index (κ2) is 14.2. The fourth-order valence-corrected chi connectivity index (χ4v) is 13.0. The highest BCUT2D eigenvalue weighted by molar-refractivity contribution is 5.84. The van der Waals surface area contributed by atoms with Gasteiger partial charge >= 0.3 is 0 Å². The molecule has 4 saturated carbocycles. The third kappa shape index (κ3) is 6.12. The summed E-state index contributed by atoms with van der Waals surface area (Å²) in [7, 11) is 0. The van der Waals surface area contributed by atoms with Crippen molar-refractivity contribution in [3.05, 3.63) is 0 Å². The van der Waals surface area contributed by atoms with Crippen LogP contribution in [0.4, 0.5) is 0 Å². The summed E-state index contributed by atoms with van der Waals surface area (Å²) in [6.45, 7) is 8.63. The van der Waals surface area contributed by atoms with Crippen molar-refractivity contribution in [3.63, 3.8) is 0 Å². The largest absolute Gasteiger partial charge is 0.394 e. The van der Waals surface area contributed by atoms with Gasteiger partial charge in [0.1, 0.15) is 54.6 Å². The van der Waals surface area contributed by atoms with Gasteiger partial charge in [0.25, 0.3) is 0 Å². The summed E-state index contributed by atoms with van der Waals surface area (Å²) in [5.74, 6) is 1.91. The molecule has 8 rings (SSSR count). The Labute approximate surface area is 311 Å². The van der Waals surface area contributed by atoms with Gasteiger partial charge in [0.15, 0.2) is 18.4 Å². The summed E-state index contributed by atoms with van der Waals surface area (Å²) >= 11 is 0. The van der Waals surface area contributed by atoms with Gasteiger partial charge in [-0.15, -0.1) is 0 Å². The molecule has 0 aromatic heterocycles. The summed E-state index contributed by atoms with van der Waals surface area (Å²) in [6, 6.07) is 0. The van der Waals surface area contributed by atoms with Crippen LogP contribution in [0.15, 0.2) is 0 Å². The molecule has 8 aliphatic rings. The fraction of sp³-hybridized carbons (Fsp3) is 0.974. The maximum absolute atomic E-state index is 14.5. The lowest BCUT2D eigenvalue weighted by atomic mass is 9.44. The molecule has 0 aromatic rings. The number of carbonyl (C=O) groups excluding carboxylic acids is 1. The van der Waals surface area contributed by atoms with Gasteiger partial charge in [0.05, 0.1) is 32.0 Å². The molecule has 0 radical (unpaired) electrons. The van der Waals surface area contributed by atoms with Crippen molar-refractivity contribution < 1.29 is 69.0 Å². The van der Waals surface area contributed by atoms with Crippen LogP contribution in [-0.2, 0) is 33.2 Å². The number of aliphatic hydroxyl groups excluding tert-OH is 7. The summed E-state index contributed by atoms with van der Waals surface area (Å²) < 4.78 is 36.8. The molecular weight excluding hydrogens is 692 g/mol. The topological polar surface area (TPSA) is 214 Å². The van der Waals surface area contributed by atoms with Crippen LogP contribution in [0.2, 0.25) is 0 Å². The number of hydrogen-bond acceptors (Lipinski definition) is 14. The maximum Gasteiger partial charge on any atom is 0.187 e.